The molecule has 3 N–H and O–H groups in total. The van der Waals surface area contributed by atoms with Gasteiger partial charge in [-0.25, -0.2) is 0 Å². The molecule has 0 amide bonds. The first kappa shape index (κ1) is 12.3. The molecule has 13 heavy (non-hydrogen) atoms. The largest absolute Gasteiger partial charge is 0.483 e. The zero-order valence-electron chi connectivity index (χ0n) is 7.59. The molecule has 0 aliphatic carbocycles. The summed E-state index contributed by atoms with van der Waals surface area (Å²) in [5.74, 6) is 0. The fourth-order valence-electron chi connectivity index (χ4n) is 1.23. The number of ether oxygens (including phenoxy) is 1. The third kappa shape index (κ3) is 4.82. The zero-order valence-corrected chi connectivity index (χ0v) is 7.59. The maximum atomic E-state index is 9.25. The number of carboxylic acid groups (broad SMARTS) is 1. The maximum Gasteiger partial charge on any atom is 0.290 e. The van der Waals surface area contributed by atoms with Crippen molar-refractivity contribution in [1.82, 2.24) is 0 Å². The topological polar surface area (TPSA) is 87.0 Å². The highest BCUT2D eigenvalue weighted by molar-refractivity contribution is 5.32. The Balaban J connectivity index is 0.000000424. The molecule has 0 aromatic carbocycles. The molecule has 0 bridgehead atoms. The van der Waals surface area contributed by atoms with Gasteiger partial charge in [-0.3, -0.25) is 4.79 Å². The molecule has 5 heteroatoms. The lowest BCUT2D eigenvalue weighted by molar-refractivity contribution is -0.123. The molecular weight excluding hydrogens is 176 g/mol. The number of carbonyl (C=O) groups is 1. The first-order valence-corrected chi connectivity index (χ1v) is 4.21. The molecule has 1 aliphatic rings. The lowest BCUT2D eigenvalue weighted by atomic mass is 10.0. The minimum absolute atomic E-state index is 0.0663. The first-order chi connectivity index (χ1) is 6.15. The van der Waals surface area contributed by atoms with E-state index in [9.17, 15) is 5.11 Å². The number of hydrogen-bond donors (Lipinski definition) is 3. The van der Waals surface area contributed by atoms with E-state index in [0.717, 1.165) is 6.42 Å². The Labute approximate surface area is 77.0 Å². The summed E-state index contributed by atoms with van der Waals surface area (Å²) >= 11 is 0. The molecule has 0 spiro atoms. The Morgan fingerprint density at radius 1 is 1.54 bits per heavy atom. The second kappa shape index (κ2) is 6.82. The van der Waals surface area contributed by atoms with Crippen LogP contribution in [-0.2, 0) is 9.53 Å². The molecule has 1 saturated heterocycles. The number of hydrogen-bond acceptors (Lipinski definition) is 4. The van der Waals surface area contributed by atoms with Gasteiger partial charge in [0.2, 0.25) is 0 Å². The van der Waals surface area contributed by atoms with Crippen molar-refractivity contribution < 1.29 is 24.9 Å². The number of aliphatic hydroxyl groups is 2. The van der Waals surface area contributed by atoms with Crippen molar-refractivity contribution in [3.8, 4) is 0 Å². The van der Waals surface area contributed by atoms with E-state index in [-0.39, 0.29) is 12.6 Å². The molecular formula is C8H16O5. The molecule has 1 rings (SSSR count). The molecule has 3 atom stereocenters. The second-order valence-electron chi connectivity index (χ2n) is 2.84. The Hall–Kier alpha value is -0.650. The van der Waals surface area contributed by atoms with E-state index in [0.29, 0.717) is 13.0 Å². The van der Waals surface area contributed by atoms with E-state index in [2.05, 4.69) is 0 Å². The smallest absolute Gasteiger partial charge is 0.290 e. The highest BCUT2D eigenvalue weighted by atomic mass is 16.5. The molecule has 78 valence electrons. The third-order valence-corrected chi connectivity index (χ3v) is 1.85. The first-order valence-electron chi connectivity index (χ1n) is 4.21. The van der Waals surface area contributed by atoms with Gasteiger partial charge in [0.15, 0.2) is 0 Å². The summed E-state index contributed by atoms with van der Waals surface area (Å²) in [7, 11) is 0. The summed E-state index contributed by atoms with van der Waals surface area (Å²) in [4.78, 5) is 8.36. The lowest BCUT2D eigenvalue weighted by Gasteiger charge is -2.30. The SMILES string of the molecule is CC[C@@H]1OCC(O)CC1O.O=CO. The average molecular weight is 192 g/mol. The van der Waals surface area contributed by atoms with Crippen molar-refractivity contribution in [2.24, 2.45) is 0 Å². The van der Waals surface area contributed by atoms with Crippen LogP contribution in [0.5, 0.6) is 0 Å². The summed E-state index contributed by atoms with van der Waals surface area (Å²) in [6.45, 7) is 2.08. The van der Waals surface area contributed by atoms with Crippen LogP contribution in [0.1, 0.15) is 19.8 Å². The van der Waals surface area contributed by atoms with Gasteiger partial charge in [0, 0.05) is 6.42 Å². The van der Waals surface area contributed by atoms with Crippen LogP contribution in [0.3, 0.4) is 0 Å². The van der Waals surface area contributed by atoms with E-state index in [4.69, 9.17) is 19.7 Å². The average Bonchev–Trinajstić information content (AvgIpc) is 2.06. The van der Waals surface area contributed by atoms with Gasteiger partial charge in [-0.2, -0.15) is 0 Å². The second-order valence-corrected chi connectivity index (χ2v) is 2.84. The minimum Gasteiger partial charge on any atom is -0.483 e. The number of aliphatic hydroxyl groups excluding tert-OH is 2. The van der Waals surface area contributed by atoms with Crippen molar-refractivity contribution in [1.29, 1.82) is 0 Å². The van der Waals surface area contributed by atoms with Gasteiger partial charge in [0.05, 0.1) is 24.9 Å². The predicted octanol–water partition coefficient (Wildman–Crippen LogP) is -0.392. The van der Waals surface area contributed by atoms with Crippen LogP contribution in [0.25, 0.3) is 0 Å². The van der Waals surface area contributed by atoms with Crippen LogP contribution in [0.2, 0.25) is 0 Å². The highest BCUT2D eigenvalue weighted by Crippen LogP contribution is 2.16. The summed E-state index contributed by atoms with van der Waals surface area (Å²) in [6.07, 6.45) is 0.252. The molecule has 0 aromatic heterocycles. The normalized spacial score (nSPS) is 33.0. The molecule has 1 fully saturated rings. The van der Waals surface area contributed by atoms with Crippen LogP contribution in [0.4, 0.5) is 0 Å². The standard InChI is InChI=1S/C7H14O3.CH2O2/c1-2-7-6(9)3-5(8)4-10-7;2-1-3/h5-9H,2-4H2,1H3;1H,(H,2,3)/t5?,6?,7-;/m0./s1. The van der Waals surface area contributed by atoms with Crippen molar-refractivity contribution in [3.05, 3.63) is 0 Å². The quantitative estimate of drug-likeness (QED) is 0.492. The monoisotopic (exact) mass is 192 g/mol. The molecule has 5 nitrogen and oxygen atoms in total. The zero-order chi connectivity index (χ0) is 10.3. The van der Waals surface area contributed by atoms with Crippen molar-refractivity contribution in [2.45, 2.75) is 38.1 Å². The fourth-order valence-corrected chi connectivity index (χ4v) is 1.23. The van der Waals surface area contributed by atoms with Gasteiger partial charge in [0.1, 0.15) is 0 Å². The molecule has 1 heterocycles. The summed E-state index contributed by atoms with van der Waals surface area (Å²) in [5, 5.41) is 25.2. The van der Waals surface area contributed by atoms with E-state index < -0.39 is 12.2 Å². The third-order valence-electron chi connectivity index (χ3n) is 1.85. The van der Waals surface area contributed by atoms with Gasteiger partial charge in [0.25, 0.3) is 6.47 Å². The van der Waals surface area contributed by atoms with Crippen LogP contribution >= 0.6 is 0 Å². The predicted molar refractivity (Wildman–Crippen MR) is 45.4 cm³/mol. The molecule has 0 aromatic rings. The van der Waals surface area contributed by atoms with E-state index in [1.807, 2.05) is 6.92 Å². The Morgan fingerprint density at radius 3 is 2.46 bits per heavy atom. The van der Waals surface area contributed by atoms with Crippen molar-refractivity contribution in [2.75, 3.05) is 6.61 Å². The molecule has 2 unspecified atom stereocenters. The van der Waals surface area contributed by atoms with Gasteiger partial charge in [-0.1, -0.05) is 6.92 Å². The Kier molecular flexibility index (Phi) is 6.48. The fraction of sp³-hybridized carbons (Fsp3) is 0.875. The van der Waals surface area contributed by atoms with Crippen molar-refractivity contribution >= 4 is 6.47 Å². The van der Waals surface area contributed by atoms with E-state index in [1.165, 1.54) is 0 Å². The van der Waals surface area contributed by atoms with Gasteiger partial charge in [-0.15, -0.1) is 0 Å². The van der Waals surface area contributed by atoms with Crippen LogP contribution < -0.4 is 0 Å². The van der Waals surface area contributed by atoms with E-state index >= 15 is 0 Å². The summed E-state index contributed by atoms with van der Waals surface area (Å²) < 4.78 is 5.15. The van der Waals surface area contributed by atoms with Gasteiger partial charge in [-0.05, 0) is 6.42 Å². The summed E-state index contributed by atoms with van der Waals surface area (Å²) in [6, 6.07) is 0. The highest BCUT2D eigenvalue weighted by Gasteiger charge is 2.26. The minimum atomic E-state index is -0.478. The summed E-state index contributed by atoms with van der Waals surface area (Å²) in [5.41, 5.74) is 0. The molecule has 0 radical (unpaired) electrons. The maximum absolute atomic E-state index is 9.25. The van der Waals surface area contributed by atoms with Crippen LogP contribution in [0.15, 0.2) is 0 Å². The number of rotatable bonds is 1. The van der Waals surface area contributed by atoms with Crippen LogP contribution in [-0.4, -0.2) is 46.7 Å². The van der Waals surface area contributed by atoms with Crippen molar-refractivity contribution in [3.63, 3.8) is 0 Å². The van der Waals surface area contributed by atoms with Gasteiger partial charge < -0.3 is 20.1 Å². The van der Waals surface area contributed by atoms with Crippen LogP contribution in [0, 0.1) is 0 Å². The van der Waals surface area contributed by atoms with E-state index in [1.54, 1.807) is 0 Å². The Morgan fingerprint density at radius 2 is 2.08 bits per heavy atom. The Bertz CT molecular complexity index is 138. The molecule has 1 aliphatic heterocycles. The lowest BCUT2D eigenvalue weighted by Crippen LogP contribution is -2.40. The molecule has 0 saturated carbocycles. The van der Waals surface area contributed by atoms with Gasteiger partial charge >= 0.3 is 0 Å².